The molecule has 0 spiro atoms. The van der Waals surface area contributed by atoms with Crippen LogP contribution in [0.15, 0.2) is 12.3 Å². The molecule has 1 aromatic rings. The Labute approximate surface area is 73.6 Å². The highest BCUT2D eigenvalue weighted by molar-refractivity contribution is 5.77. The van der Waals surface area contributed by atoms with Gasteiger partial charge in [0.05, 0.1) is 0 Å². The fraction of sp³-hybridized carbons (Fsp3) is 0.250. The molecule has 0 saturated carbocycles. The monoisotopic (exact) mass is 186 g/mol. The molecule has 2 N–H and O–H groups in total. The van der Waals surface area contributed by atoms with E-state index in [9.17, 15) is 13.6 Å². The average Bonchev–Trinajstić information content (AvgIpc) is 2.16. The highest BCUT2D eigenvalue weighted by Gasteiger charge is 2.11. The van der Waals surface area contributed by atoms with Gasteiger partial charge in [-0.25, -0.2) is 8.78 Å². The predicted molar refractivity (Wildman–Crippen MR) is 42.5 cm³/mol. The van der Waals surface area contributed by atoms with Crippen LogP contribution in [-0.4, -0.2) is 11.3 Å². The first kappa shape index (κ1) is 9.73. The molecule has 1 heterocycles. The first-order valence-corrected chi connectivity index (χ1v) is 3.61. The van der Waals surface area contributed by atoms with Crippen LogP contribution < -0.4 is 5.73 Å². The molecule has 1 aromatic heterocycles. The maximum absolute atomic E-state index is 12.1. The number of alkyl halides is 2. The molecule has 0 saturated heterocycles. The number of aromatic nitrogens is 1. The number of rotatable bonds is 3. The second-order valence-electron chi connectivity index (χ2n) is 2.43. The number of nitrogens with zero attached hydrogens (tertiary/aromatic N) is 1. The van der Waals surface area contributed by atoms with Gasteiger partial charge in [-0.15, -0.1) is 0 Å². The maximum Gasteiger partial charge on any atom is 0.280 e. The molecule has 0 radical (unpaired) electrons. The lowest BCUT2D eigenvalue weighted by molar-refractivity contribution is 0.112. The van der Waals surface area contributed by atoms with E-state index in [2.05, 4.69) is 4.98 Å². The van der Waals surface area contributed by atoms with Gasteiger partial charge in [0, 0.05) is 18.3 Å². The summed E-state index contributed by atoms with van der Waals surface area (Å²) in [6, 6.07) is 1.06. The molecule has 13 heavy (non-hydrogen) atoms. The predicted octanol–water partition coefficient (Wildman–Crippen LogP) is 1.29. The number of hydrogen-bond acceptors (Lipinski definition) is 3. The van der Waals surface area contributed by atoms with Gasteiger partial charge in [0.15, 0.2) is 6.29 Å². The third-order valence-corrected chi connectivity index (χ3v) is 1.61. The summed E-state index contributed by atoms with van der Waals surface area (Å²) in [4.78, 5) is 13.9. The van der Waals surface area contributed by atoms with Crippen LogP contribution in [0, 0.1) is 0 Å². The van der Waals surface area contributed by atoms with E-state index < -0.39 is 12.1 Å². The summed E-state index contributed by atoms with van der Waals surface area (Å²) in [5.74, 6) is 0. The zero-order chi connectivity index (χ0) is 9.84. The Bertz CT molecular complexity index is 315. The number of nitrogens with two attached hydrogens (primary N) is 1. The molecule has 0 bridgehead atoms. The summed E-state index contributed by atoms with van der Waals surface area (Å²) in [7, 11) is 0. The van der Waals surface area contributed by atoms with Crippen LogP contribution in [0.25, 0.3) is 0 Å². The van der Waals surface area contributed by atoms with Gasteiger partial charge in [-0.05, 0) is 11.6 Å². The molecule has 0 amide bonds. The van der Waals surface area contributed by atoms with Gasteiger partial charge in [0.25, 0.3) is 6.43 Å². The Kier molecular flexibility index (Phi) is 3.02. The van der Waals surface area contributed by atoms with Crippen molar-refractivity contribution in [3.8, 4) is 0 Å². The van der Waals surface area contributed by atoms with Crippen molar-refractivity contribution in [2.75, 3.05) is 0 Å². The van der Waals surface area contributed by atoms with Crippen molar-refractivity contribution < 1.29 is 13.6 Å². The second kappa shape index (κ2) is 4.04. The minimum atomic E-state index is -2.66. The van der Waals surface area contributed by atoms with Gasteiger partial charge in [0.1, 0.15) is 5.69 Å². The minimum Gasteiger partial charge on any atom is -0.326 e. The van der Waals surface area contributed by atoms with Crippen LogP contribution in [-0.2, 0) is 6.54 Å². The molecule has 0 fully saturated rings. The lowest BCUT2D eigenvalue weighted by Crippen LogP contribution is -2.03. The molecule has 0 atom stereocenters. The average molecular weight is 186 g/mol. The van der Waals surface area contributed by atoms with Crippen LogP contribution in [0.2, 0.25) is 0 Å². The van der Waals surface area contributed by atoms with Crippen molar-refractivity contribution in [1.82, 2.24) is 4.98 Å². The standard InChI is InChI=1S/C8H8F2N2O/c9-8(10)7-1-5(4-13)6(2-11)3-12-7/h1,3-4,8H,2,11H2. The second-order valence-corrected chi connectivity index (χ2v) is 2.43. The molecule has 0 unspecified atom stereocenters. The lowest BCUT2D eigenvalue weighted by Gasteiger charge is -2.03. The van der Waals surface area contributed by atoms with Gasteiger partial charge in [-0.1, -0.05) is 0 Å². The van der Waals surface area contributed by atoms with E-state index in [0.717, 1.165) is 6.07 Å². The third kappa shape index (κ3) is 2.06. The molecule has 0 aliphatic carbocycles. The molecule has 0 aliphatic rings. The van der Waals surface area contributed by atoms with E-state index in [0.29, 0.717) is 11.8 Å². The van der Waals surface area contributed by atoms with Crippen molar-refractivity contribution >= 4 is 6.29 Å². The zero-order valence-electron chi connectivity index (χ0n) is 6.71. The van der Waals surface area contributed by atoms with Crippen LogP contribution in [0.1, 0.15) is 28.0 Å². The van der Waals surface area contributed by atoms with E-state index in [-0.39, 0.29) is 12.1 Å². The number of carbonyl (C=O) groups is 1. The highest BCUT2D eigenvalue weighted by Crippen LogP contribution is 2.18. The highest BCUT2D eigenvalue weighted by atomic mass is 19.3. The largest absolute Gasteiger partial charge is 0.326 e. The summed E-state index contributed by atoms with van der Waals surface area (Å²) in [6.45, 7) is 0.116. The summed E-state index contributed by atoms with van der Waals surface area (Å²) in [6.07, 6.45) is -0.966. The molecule has 1 rings (SSSR count). The topological polar surface area (TPSA) is 56.0 Å². The van der Waals surface area contributed by atoms with E-state index in [1.165, 1.54) is 6.20 Å². The molecule has 0 aliphatic heterocycles. The Hall–Kier alpha value is -1.36. The van der Waals surface area contributed by atoms with Gasteiger partial charge in [0.2, 0.25) is 0 Å². The summed E-state index contributed by atoms with van der Waals surface area (Å²) in [5.41, 5.74) is 5.51. The molecule has 0 aromatic carbocycles. The van der Waals surface area contributed by atoms with Crippen LogP contribution in [0.3, 0.4) is 0 Å². The Balaban J connectivity index is 3.13. The fourth-order valence-corrected chi connectivity index (χ4v) is 0.916. The number of carbonyl (C=O) groups excluding carboxylic acids is 1. The number of hydrogen-bond donors (Lipinski definition) is 1. The molecule has 5 heteroatoms. The van der Waals surface area contributed by atoms with Gasteiger partial charge < -0.3 is 5.73 Å². The van der Waals surface area contributed by atoms with Crippen LogP contribution in [0.4, 0.5) is 8.78 Å². The molecule has 3 nitrogen and oxygen atoms in total. The lowest BCUT2D eigenvalue weighted by atomic mass is 10.1. The van der Waals surface area contributed by atoms with Crippen molar-refractivity contribution in [1.29, 1.82) is 0 Å². The zero-order valence-corrected chi connectivity index (χ0v) is 6.71. The van der Waals surface area contributed by atoms with Gasteiger partial charge >= 0.3 is 0 Å². The quantitative estimate of drug-likeness (QED) is 0.723. The first-order chi connectivity index (χ1) is 6.19. The normalized spacial score (nSPS) is 10.5. The van der Waals surface area contributed by atoms with Crippen LogP contribution in [0.5, 0.6) is 0 Å². The van der Waals surface area contributed by atoms with Crippen molar-refractivity contribution in [3.63, 3.8) is 0 Å². The van der Waals surface area contributed by atoms with E-state index in [1.54, 1.807) is 0 Å². The molecular formula is C8H8F2N2O. The molecule has 70 valence electrons. The molecular weight excluding hydrogens is 178 g/mol. The Morgan fingerprint density at radius 3 is 2.77 bits per heavy atom. The Morgan fingerprint density at radius 1 is 1.62 bits per heavy atom. The number of halogens is 2. The van der Waals surface area contributed by atoms with E-state index in [1.807, 2.05) is 0 Å². The number of pyridine rings is 1. The fourth-order valence-electron chi connectivity index (χ4n) is 0.916. The van der Waals surface area contributed by atoms with Crippen LogP contribution >= 0.6 is 0 Å². The summed E-state index contributed by atoms with van der Waals surface area (Å²) < 4.78 is 24.2. The van der Waals surface area contributed by atoms with E-state index in [4.69, 9.17) is 5.73 Å². The smallest absolute Gasteiger partial charge is 0.280 e. The summed E-state index contributed by atoms with van der Waals surface area (Å²) in [5, 5.41) is 0. The van der Waals surface area contributed by atoms with Crippen molar-refractivity contribution in [2.45, 2.75) is 13.0 Å². The maximum atomic E-state index is 12.1. The van der Waals surface area contributed by atoms with Crippen molar-refractivity contribution in [3.05, 3.63) is 29.1 Å². The SMILES string of the molecule is NCc1cnc(C(F)F)cc1C=O. The Morgan fingerprint density at radius 2 is 2.31 bits per heavy atom. The van der Waals surface area contributed by atoms with E-state index >= 15 is 0 Å². The first-order valence-electron chi connectivity index (χ1n) is 3.61. The summed E-state index contributed by atoms with van der Waals surface area (Å²) >= 11 is 0. The van der Waals surface area contributed by atoms with Gasteiger partial charge in [-0.3, -0.25) is 9.78 Å². The van der Waals surface area contributed by atoms with Gasteiger partial charge in [-0.2, -0.15) is 0 Å². The van der Waals surface area contributed by atoms with Crippen molar-refractivity contribution in [2.24, 2.45) is 5.73 Å². The third-order valence-electron chi connectivity index (χ3n) is 1.61. The minimum absolute atomic E-state index is 0.116. The number of aldehydes is 1.